The van der Waals surface area contributed by atoms with Gasteiger partial charge >= 0.3 is 0 Å². The van der Waals surface area contributed by atoms with Crippen LogP contribution in [0.25, 0.3) is 10.2 Å². The molecule has 0 bridgehead atoms. The van der Waals surface area contributed by atoms with Crippen LogP contribution in [0.1, 0.15) is 0 Å². The summed E-state index contributed by atoms with van der Waals surface area (Å²) in [5.41, 5.74) is -0.146. The fourth-order valence-electron chi connectivity index (χ4n) is 1.08. The number of fused-ring (bicyclic) bond motifs is 1. The Morgan fingerprint density at radius 1 is 1.69 bits per heavy atom. The molecular formula is C8H5N3OS. The topological polar surface area (TPSA) is 58.7 Å². The third-order valence-electron chi connectivity index (χ3n) is 1.69. The fourth-order valence-corrected chi connectivity index (χ4v) is 1.81. The first-order chi connectivity index (χ1) is 6.33. The zero-order valence-electron chi connectivity index (χ0n) is 6.60. The summed E-state index contributed by atoms with van der Waals surface area (Å²) in [5.74, 6) is 0. The molecule has 0 aliphatic rings. The number of hydrogen-bond acceptors (Lipinski definition) is 4. The van der Waals surface area contributed by atoms with Crippen LogP contribution in [-0.4, -0.2) is 9.55 Å². The average Bonchev–Trinajstić information content (AvgIpc) is 2.58. The Morgan fingerprint density at radius 2 is 2.54 bits per heavy atom. The van der Waals surface area contributed by atoms with Crippen molar-refractivity contribution in [2.24, 2.45) is 0 Å². The highest BCUT2D eigenvalue weighted by atomic mass is 32.1. The number of aromatic nitrogens is 2. The molecule has 4 nitrogen and oxygen atoms in total. The highest BCUT2D eigenvalue weighted by molar-refractivity contribution is 7.16. The third-order valence-corrected chi connectivity index (χ3v) is 2.51. The molecule has 0 fully saturated rings. The van der Waals surface area contributed by atoms with E-state index in [-0.39, 0.29) is 12.1 Å². The molecule has 2 heterocycles. The maximum absolute atomic E-state index is 11.6. The lowest BCUT2D eigenvalue weighted by Gasteiger charge is -1.96. The van der Waals surface area contributed by atoms with E-state index in [4.69, 9.17) is 5.26 Å². The zero-order valence-corrected chi connectivity index (χ0v) is 7.41. The Bertz CT molecular complexity index is 534. The molecule has 0 atom stereocenters. The lowest BCUT2D eigenvalue weighted by Crippen LogP contribution is -2.19. The molecule has 2 rings (SSSR count). The summed E-state index contributed by atoms with van der Waals surface area (Å²) in [6.45, 7) is 0.0532. The third kappa shape index (κ3) is 1.21. The maximum atomic E-state index is 11.6. The Morgan fingerprint density at radius 3 is 3.31 bits per heavy atom. The molecule has 0 aliphatic heterocycles. The largest absolute Gasteiger partial charge is 0.285 e. The summed E-state index contributed by atoms with van der Waals surface area (Å²) in [4.78, 5) is 16.3. The van der Waals surface area contributed by atoms with Crippen LogP contribution in [0, 0.1) is 11.3 Å². The van der Waals surface area contributed by atoms with E-state index >= 15 is 0 Å². The van der Waals surface area contributed by atoms with Crippen LogP contribution in [-0.2, 0) is 6.54 Å². The summed E-state index contributed by atoms with van der Waals surface area (Å²) in [6.07, 6.45) is 1.41. The first kappa shape index (κ1) is 7.95. The quantitative estimate of drug-likeness (QED) is 0.675. The molecule has 0 N–H and O–H groups in total. The van der Waals surface area contributed by atoms with E-state index in [1.54, 1.807) is 6.07 Å². The van der Waals surface area contributed by atoms with Gasteiger partial charge in [-0.05, 0) is 11.4 Å². The molecule has 0 saturated heterocycles. The van der Waals surface area contributed by atoms with E-state index in [1.807, 2.05) is 11.4 Å². The van der Waals surface area contributed by atoms with Crippen molar-refractivity contribution in [3.05, 3.63) is 28.1 Å². The minimum atomic E-state index is -0.146. The van der Waals surface area contributed by atoms with E-state index in [0.29, 0.717) is 5.39 Å². The second-order valence-electron chi connectivity index (χ2n) is 2.48. The van der Waals surface area contributed by atoms with Crippen molar-refractivity contribution in [2.45, 2.75) is 6.54 Å². The summed E-state index contributed by atoms with van der Waals surface area (Å²) >= 11 is 1.42. The van der Waals surface area contributed by atoms with Crippen LogP contribution in [0.3, 0.4) is 0 Å². The maximum Gasteiger partial charge on any atom is 0.262 e. The van der Waals surface area contributed by atoms with Gasteiger partial charge in [-0.15, -0.1) is 11.3 Å². The lowest BCUT2D eigenvalue weighted by molar-refractivity contribution is 0.777. The zero-order chi connectivity index (χ0) is 9.26. The van der Waals surface area contributed by atoms with Gasteiger partial charge in [-0.25, -0.2) is 4.98 Å². The molecule has 2 aromatic rings. The summed E-state index contributed by atoms with van der Waals surface area (Å²) in [5, 5.41) is 10.8. The van der Waals surface area contributed by atoms with Gasteiger partial charge in [-0.1, -0.05) is 0 Å². The summed E-state index contributed by atoms with van der Waals surface area (Å²) in [7, 11) is 0. The number of nitriles is 1. The second kappa shape index (κ2) is 2.99. The standard InChI is InChI=1S/C8H5N3OS/c9-2-3-11-5-10-7-6(8(11)12)1-4-13-7/h1,4-5H,3H2. The fraction of sp³-hybridized carbons (Fsp3) is 0.125. The van der Waals surface area contributed by atoms with E-state index in [0.717, 1.165) is 4.83 Å². The van der Waals surface area contributed by atoms with Gasteiger partial charge in [-0.2, -0.15) is 5.26 Å². The number of nitrogens with zero attached hydrogens (tertiary/aromatic N) is 3. The second-order valence-corrected chi connectivity index (χ2v) is 3.37. The minimum Gasteiger partial charge on any atom is -0.285 e. The SMILES string of the molecule is N#CCn1cnc2sccc2c1=O. The predicted octanol–water partition coefficient (Wildman–Crippen LogP) is 0.982. The number of hydrogen-bond donors (Lipinski definition) is 0. The molecule has 0 saturated carbocycles. The van der Waals surface area contributed by atoms with Crippen molar-refractivity contribution in [3.8, 4) is 6.07 Å². The van der Waals surface area contributed by atoms with Crippen molar-refractivity contribution >= 4 is 21.6 Å². The monoisotopic (exact) mass is 191 g/mol. The highest BCUT2D eigenvalue weighted by Crippen LogP contribution is 2.12. The van der Waals surface area contributed by atoms with Crippen molar-refractivity contribution in [1.82, 2.24) is 9.55 Å². The van der Waals surface area contributed by atoms with Gasteiger partial charge in [0.15, 0.2) is 0 Å². The van der Waals surface area contributed by atoms with Crippen LogP contribution < -0.4 is 5.56 Å². The molecule has 0 aromatic carbocycles. The first-order valence-corrected chi connectivity index (χ1v) is 4.50. The molecular weight excluding hydrogens is 186 g/mol. The van der Waals surface area contributed by atoms with Gasteiger partial charge in [0.25, 0.3) is 5.56 Å². The number of thiophene rings is 1. The smallest absolute Gasteiger partial charge is 0.262 e. The first-order valence-electron chi connectivity index (χ1n) is 3.62. The normalized spacial score (nSPS) is 10.1. The van der Waals surface area contributed by atoms with E-state index in [9.17, 15) is 4.79 Å². The lowest BCUT2D eigenvalue weighted by atomic mass is 10.4. The van der Waals surface area contributed by atoms with Gasteiger partial charge in [0.05, 0.1) is 11.5 Å². The van der Waals surface area contributed by atoms with E-state index in [1.165, 1.54) is 22.2 Å². The molecule has 0 aliphatic carbocycles. The van der Waals surface area contributed by atoms with E-state index < -0.39 is 0 Å². The van der Waals surface area contributed by atoms with Gasteiger partial charge in [-0.3, -0.25) is 9.36 Å². The van der Waals surface area contributed by atoms with Crippen LogP contribution in [0.5, 0.6) is 0 Å². The molecule has 0 radical (unpaired) electrons. The summed E-state index contributed by atoms with van der Waals surface area (Å²) < 4.78 is 1.30. The van der Waals surface area contributed by atoms with Crippen LogP contribution in [0.2, 0.25) is 0 Å². The van der Waals surface area contributed by atoms with Gasteiger partial charge < -0.3 is 0 Å². The van der Waals surface area contributed by atoms with Crippen molar-refractivity contribution in [3.63, 3.8) is 0 Å². The van der Waals surface area contributed by atoms with Crippen LogP contribution in [0.15, 0.2) is 22.6 Å². The van der Waals surface area contributed by atoms with Crippen LogP contribution >= 0.6 is 11.3 Å². The number of rotatable bonds is 1. The Balaban J connectivity index is 2.75. The van der Waals surface area contributed by atoms with Crippen molar-refractivity contribution < 1.29 is 0 Å². The molecule has 64 valence electrons. The van der Waals surface area contributed by atoms with Gasteiger partial charge in [0.1, 0.15) is 17.7 Å². The Hall–Kier alpha value is -1.67. The molecule has 0 spiro atoms. The average molecular weight is 191 g/mol. The molecule has 0 amide bonds. The molecule has 13 heavy (non-hydrogen) atoms. The van der Waals surface area contributed by atoms with Crippen molar-refractivity contribution in [1.29, 1.82) is 5.26 Å². The highest BCUT2D eigenvalue weighted by Gasteiger charge is 2.03. The van der Waals surface area contributed by atoms with E-state index in [2.05, 4.69) is 4.98 Å². The molecule has 2 aromatic heterocycles. The Labute approximate surface area is 77.7 Å². The van der Waals surface area contributed by atoms with Crippen molar-refractivity contribution in [2.75, 3.05) is 0 Å². The predicted molar refractivity (Wildman–Crippen MR) is 49.5 cm³/mol. The molecule has 0 unspecified atom stereocenters. The van der Waals surface area contributed by atoms with Gasteiger partial charge in [0, 0.05) is 0 Å². The van der Waals surface area contributed by atoms with Gasteiger partial charge in [0.2, 0.25) is 0 Å². The Kier molecular flexibility index (Phi) is 1.83. The van der Waals surface area contributed by atoms with Crippen LogP contribution in [0.4, 0.5) is 0 Å². The summed E-state index contributed by atoms with van der Waals surface area (Å²) in [6, 6.07) is 3.63. The minimum absolute atomic E-state index is 0.0532. The molecule has 5 heteroatoms.